The Bertz CT molecular complexity index is 589. The summed E-state index contributed by atoms with van der Waals surface area (Å²) in [6.45, 7) is 7.67. The first-order chi connectivity index (χ1) is 12.3. The molecule has 1 unspecified atom stereocenters. The van der Waals surface area contributed by atoms with Crippen LogP contribution in [0.15, 0.2) is 29.3 Å². The van der Waals surface area contributed by atoms with Crippen LogP contribution >= 0.6 is 24.0 Å². The van der Waals surface area contributed by atoms with Crippen molar-refractivity contribution in [1.29, 1.82) is 0 Å². The third kappa shape index (κ3) is 11.9. The van der Waals surface area contributed by atoms with Crippen molar-refractivity contribution >= 4 is 41.5 Å². The smallest absolute Gasteiger partial charge is 0.238 e. The van der Waals surface area contributed by atoms with Gasteiger partial charge in [-0.15, -0.1) is 24.0 Å². The first kappa shape index (κ1) is 25.6. The number of carbonyl (C=O) groups is 1. The summed E-state index contributed by atoms with van der Waals surface area (Å²) >= 11 is 0. The molecule has 0 aliphatic carbocycles. The second kappa shape index (κ2) is 13.8. The minimum Gasteiger partial charge on any atom is -0.354 e. The molecular weight excluding hydrogens is 453 g/mol. The third-order valence-corrected chi connectivity index (χ3v) is 3.91. The van der Waals surface area contributed by atoms with Gasteiger partial charge >= 0.3 is 0 Å². The van der Waals surface area contributed by atoms with Crippen molar-refractivity contribution < 1.29 is 4.79 Å². The lowest BCUT2D eigenvalue weighted by Crippen LogP contribution is -2.41. The van der Waals surface area contributed by atoms with E-state index in [2.05, 4.69) is 41.7 Å². The molecule has 1 atom stereocenters. The van der Waals surface area contributed by atoms with Gasteiger partial charge in [-0.1, -0.05) is 26.0 Å². The molecule has 0 bridgehead atoms. The molecule has 0 heterocycles. The first-order valence-corrected chi connectivity index (χ1v) is 9.30. The van der Waals surface area contributed by atoms with Crippen molar-refractivity contribution in [3.63, 3.8) is 0 Å². The Morgan fingerprint density at radius 2 is 1.89 bits per heavy atom. The zero-order chi connectivity index (χ0) is 19.5. The highest BCUT2D eigenvalue weighted by Crippen LogP contribution is 2.11. The molecule has 0 spiro atoms. The molecule has 1 amide bonds. The highest BCUT2D eigenvalue weighted by Gasteiger charge is 2.07. The molecule has 0 saturated heterocycles. The highest BCUT2D eigenvalue weighted by atomic mass is 127. The van der Waals surface area contributed by atoms with Crippen molar-refractivity contribution in [2.24, 2.45) is 10.9 Å². The Kier molecular flexibility index (Phi) is 13.1. The van der Waals surface area contributed by atoms with Crippen LogP contribution in [-0.2, 0) is 11.3 Å². The second-order valence-corrected chi connectivity index (χ2v) is 7.43. The van der Waals surface area contributed by atoms with E-state index in [9.17, 15) is 4.79 Å². The zero-order valence-electron chi connectivity index (χ0n) is 17.5. The van der Waals surface area contributed by atoms with Crippen molar-refractivity contribution in [2.45, 2.75) is 46.2 Å². The van der Waals surface area contributed by atoms with E-state index in [4.69, 9.17) is 0 Å². The van der Waals surface area contributed by atoms with Crippen LogP contribution in [0, 0.1) is 5.92 Å². The average molecular weight is 489 g/mol. The molecule has 0 fully saturated rings. The molecule has 0 saturated carbocycles. The fourth-order valence-electron chi connectivity index (χ4n) is 2.52. The molecule has 0 radical (unpaired) electrons. The lowest BCUT2D eigenvalue weighted by Gasteiger charge is -2.19. The summed E-state index contributed by atoms with van der Waals surface area (Å²) in [4.78, 5) is 18.0. The first-order valence-electron chi connectivity index (χ1n) is 9.30. The fourth-order valence-corrected chi connectivity index (χ4v) is 2.52. The summed E-state index contributed by atoms with van der Waals surface area (Å²) in [5.41, 5.74) is 1.90. The van der Waals surface area contributed by atoms with Crippen molar-refractivity contribution in [3.8, 4) is 0 Å². The van der Waals surface area contributed by atoms with Crippen LogP contribution in [-0.4, -0.2) is 50.5 Å². The minimum atomic E-state index is -0.0171. The molecule has 1 aromatic carbocycles. The molecule has 1 rings (SSSR count). The maximum atomic E-state index is 11.9. The van der Waals surface area contributed by atoms with Crippen molar-refractivity contribution in [1.82, 2.24) is 15.5 Å². The van der Waals surface area contributed by atoms with Gasteiger partial charge in [-0.05, 0) is 57.5 Å². The third-order valence-electron chi connectivity index (χ3n) is 3.91. The van der Waals surface area contributed by atoms with Gasteiger partial charge in [0.1, 0.15) is 0 Å². The van der Waals surface area contributed by atoms with Gasteiger partial charge in [0.2, 0.25) is 5.91 Å². The maximum Gasteiger partial charge on any atom is 0.238 e. The SMILES string of the molecule is CN=C(NCc1cccc(NC(=O)CN(C)C)c1)NC(C)CCC(C)C.I. The highest BCUT2D eigenvalue weighted by molar-refractivity contribution is 14.0. The number of halogens is 1. The van der Waals surface area contributed by atoms with E-state index in [1.54, 1.807) is 7.05 Å². The fraction of sp³-hybridized carbons (Fsp3) is 0.600. The number of rotatable bonds is 9. The number of benzene rings is 1. The lowest BCUT2D eigenvalue weighted by molar-refractivity contribution is -0.116. The van der Waals surface area contributed by atoms with Gasteiger partial charge in [0.15, 0.2) is 5.96 Å². The van der Waals surface area contributed by atoms with Gasteiger partial charge in [0.25, 0.3) is 0 Å². The monoisotopic (exact) mass is 489 g/mol. The van der Waals surface area contributed by atoms with Crippen LogP contribution in [0.3, 0.4) is 0 Å². The zero-order valence-corrected chi connectivity index (χ0v) is 19.8. The van der Waals surface area contributed by atoms with E-state index in [1.165, 1.54) is 6.42 Å². The second-order valence-electron chi connectivity index (χ2n) is 7.43. The molecule has 154 valence electrons. The molecule has 0 aliphatic rings. The number of hydrogen-bond donors (Lipinski definition) is 3. The topological polar surface area (TPSA) is 68.8 Å². The summed E-state index contributed by atoms with van der Waals surface area (Å²) in [6, 6.07) is 8.24. The summed E-state index contributed by atoms with van der Waals surface area (Å²) < 4.78 is 0. The summed E-state index contributed by atoms with van der Waals surface area (Å²) in [7, 11) is 5.53. The molecular formula is C20H36IN5O. The van der Waals surface area contributed by atoms with Crippen LogP contribution in [0.5, 0.6) is 0 Å². The average Bonchev–Trinajstić information content (AvgIpc) is 2.56. The Balaban J connectivity index is 0.00000676. The minimum absolute atomic E-state index is 0. The van der Waals surface area contributed by atoms with E-state index in [0.29, 0.717) is 25.0 Å². The number of aliphatic imine (C=N–C) groups is 1. The normalized spacial score (nSPS) is 12.5. The standard InChI is InChI=1S/C20H35N5O.HI/c1-15(2)10-11-16(3)23-20(21-4)22-13-17-8-7-9-18(12-17)24-19(26)14-25(5)6;/h7-9,12,15-16H,10-11,13-14H2,1-6H3,(H,24,26)(H2,21,22,23);1H. The number of carbonyl (C=O) groups excluding carboxylic acids is 1. The van der Waals surface area contributed by atoms with Crippen LogP contribution < -0.4 is 16.0 Å². The van der Waals surface area contributed by atoms with Crippen molar-refractivity contribution in [3.05, 3.63) is 29.8 Å². The molecule has 7 heteroatoms. The lowest BCUT2D eigenvalue weighted by atomic mass is 10.0. The number of anilines is 1. The molecule has 0 aliphatic heterocycles. The van der Waals surface area contributed by atoms with Crippen LogP contribution in [0.2, 0.25) is 0 Å². The van der Waals surface area contributed by atoms with E-state index < -0.39 is 0 Å². The quantitative estimate of drug-likeness (QED) is 0.283. The Hall–Kier alpha value is -1.35. The van der Waals surface area contributed by atoms with E-state index >= 15 is 0 Å². The number of hydrogen-bond acceptors (Lipinski definition) is 3. The number of guanidine groups is 1. The molecule has 1 aromatic rings. The van der Waals surface area contributed by atoms with Gasteiger partial charge in [-0.3, -0.25) is 9.79 Å². The summed E-state index contributed by atoms with van der Waals surface area (Å²) in [6.07, 6.45) is 2.31. The van der Waals surface area contributed by atoms with Crippen LogP contribution in [0.25, 0.3) is 0 Å². The number of likely N-dealkylation sites (N-methyl/N-ethyl adjacent to an activating group) is 1. The molecule has 3 N–H and O–H groups in total. The Morgan fingerprint density at radius 3 is 2.48 bits per heavy atom. The van der Waals surface area contributed by atoms with E-state index in [1.807, 2.05) is 43.3 Å². The van der Waals surface area contributed by atoms with E-state index in [0.717, 1.165) is 23.6 Å². The van der Waals surface area contributed by atoms with Crippen LogP contribution in [0.4, 0.5) is 5.69 Å². The van der Waals surface area contributed by atoms with E-state index in [-0.39, 0.29) is 29.9 Å². The Morgan fingerprint density at radius 1 is 1.19 bits per heavy atom. The van der Waals surface area contributed by atoms with Gasteiger partial charge in [-0.2, -0.15) is 0 Å². The van der Waals surface area contributed by atoms with Gasteiger partial charge in [0, 0.05) is 25.3 Å². The maximum absolute atomic E-state index is 11.9. The largest absolute Gasteiger partial charge is 0.354 e. The van der Waals surface area contributed by atoms with Crippen molar-refractivity contribution in [2.75, 3.05) is 33.0 Å². The predicted molar refractivity (Wildman–Crippen MR) is 126 cm³/mol. The summed E-state index contributed by atoms with van der Waals surface area (Å²) in [5, 5.41) is 9.68. The van der Waals surface area contributed by atoms with Gasteiger partial charge in [-0.25, -0.2) is 0 Å². The number of amides is 1. The molecule has 0 aromatic heterocycles. The molecule has 27 heavy (non-hydrogen) atoms. The van der Waals surface area contributed by atoms with Gasteiger partial charge < -0.3 is 20.9 Å². The number of nitrogens with one attached hydrogen (secondary N) is 3. The number of nitrogens with zero attached hydrogens (tertiary/aromatic N) is 2. The Labute approximate surface area is 181 Å². The molecule has 6 nitrogen and oxygen atoms in total. The van der Waals surface area contributed by atoms with Crippen LogP contribution in [0.1, 0.15) is 39.2 Å². The summed E-state index contributed by atoms with van der Waals surface area (Å²) in [5.74, 6) is 1.49. The van der Waals surface area contributed by atoms with Gasteiger partial charge in [0.05, 0.1) is 6.54 Å². The predicted octanol–water partition coefficient (Wildman–Crippen LogP) is 3.29.